The Hall–Kier alpha value is -3.54. The summed E-state index contributed by atoms with van der Waals surface area (Å²) in [5.74, 6) is -1.52. The fraction of sp³-hybridized carbons (Fsp3) is 0.316. The average molecular weight is 450 g/mol. The van der Waals surface area contributed by atoms with Gasteiger partial charge in [-0.2, -0.15) is 16.9 Å². The normalized spacial score (nSPS) is 11.3. The molecule has 1 aromatic carbocycles. The van der Waals surface area contributed by atoms with Gasteiger partial charge in [0.05, 0.1) is 11.9 Å². The van der Waals surface area contributed by atoms with Crippen molar-refractivity contribution in [3.63, 3.8) is 0 Å². The van der Waals surface area contributed by atoms with Crippen LogP contribution in [-0.4, -0.2) is 57.1 Å². The summed E-state index contributed by atoms with van der Waals surface area (Å²) in [5, 5.41) is 17.4. The molecule has 166 valence electrons. The number of carbonyl (C=O) groups excluding carboxylic acids is 3. The summed E-state index contributed by atoms with van der Waals surface area (Å²) in [7, 11) is 0. The largest absolute Gasteiger partial charge is 0.516 e. The SMILES string of the molecule is CSCC[C@H](NC(=O)Nc1cnn(CC(=O)O)c1)C(=O)OC(=O)OCc1ccccc1. The fourth-order valence-corrected chi connectivity index (χ4v) is 2.83. The number of nitrogens with zero attached hydrogens (tertiary/aromatic N) is 2. The van der Waals surface area contributed by atoms with Gasteiger partial charge in [0, 0.05) is 6.20 Å². The predicted molar refractivity (Wildman–Crippen MR) is 112 cm³/mol. The Balaban J connectivity index is 1.87. The van der Waals surface area contributed by atoms with Crippen molar-refractivity contribution in [1.29, 1.82) is 0 Å². The topological polar surface area (TPSA) is 149 Å². The summed E-state index contributed by atoms with van der Waals surface area (Å²) >= 11 is 1.45. The van der Waals surface area contributed by atoms with Gasteiger partial charge in [-0.1, -0.05) is 30.3 Å². The zero-order valence-electron chi connectivity index (χ0n) is 16.6. The van der Waals surface area contributed by atoms with Crippen molar-refractivity contribution < 1.29 is 33.8 Å². The Morgan fingerprint density at radius 2 is 1.97 bits per heavy atom. The second-order valence-corrected chi connectivity index (χ2v) is 7.18. The third-order valence-electron chi connectivity index (χ3n) is 3.77. The number of hydrogen-bond acceptors (Lipinski definition) is 8. The quantitative estimate of drug-likeness (QED) is 0.365. The molecule has 12 heteroatoms. The molecule has 11 nitrogen and oxygen atoms in total. The molecule has 1 atom stereocenters. The highest BCUT2D eigenvalue weighted by Gasteiger charge is 2.25. The maximum atomic E-state index is 12.3. The summed E-state index contributed by atoms with van der Waals surface area (Å²) in [6, 6.07) is 7.04. The standard InChI is InChI=1S/C19H22N4O7S/c1-31-8-7-15(17(26)30-19(28)29-12-13-5-3-2-4-6-13)22-18(27)21-14-9-20-23(10-14)11-16(24)25/h2-6,9-10,15H,7-8,11-12H2,1H3,(H,24,25)(H2,21,22,27)/t15-/m0/s1. The monoisotopic (exact) mass is 450 g/mol. The van der Waals surface area contributed by atoms with Crippen LogP contribution < -0.4 is 10.6 Å². The van der Waals surface area contributed by atoms with Crippen LogP contribution in [-0.2, 0) is 32.2 Å². The molecule has 0 spiro atoms. The average Bonchev–Trinajstić information content (AvgIpc) is 3.16. The number of aliphatic carboxylic acids is 1. The van der Waals surface area contributed by atoms with E-state index in [1.165, 1.54) is 24.2 Å². The Morgan fingerprint density at radius 1 is 1.23 bits per heavy atom. The number of esters is 1. The molecule has 0 aliphatic heterocycles. The summed E-state index contributed by atoms with van der Waals surface area (Å²) in [4.78, 5) is 47.0. The molecular formula is C19H22N4O7S. The smallest absolute Gasteiger partial charge is 0.480 e. The molecule has 3 N–H and O–H groups in total. The molecule has 0 radical (unpaired) electrons. The van der Waals surface area contributed by atoms with E-state index < -0.39 is 30.2 Å². The van der Waals surface area contributed by atoms with Crippen LogP contribution in [0, 0.1) is 0 Å². The lowest BCUT2D eigenvalue weighted by Crippen LogP contribution is -2.44. The highest BCUT2D eigenvalue weighted by molar-refractivity contribution is 7.98. The van der Waals surface area contributed by atoms with Gasteiger partial charge in [0.1, 0.15) is 19.2 Å². The molecule has 0 bridgehead atoms. The maximum Gasteiger partial charge on any atom is 0.516 e. The van der Waals surface area contributed by atoms with Crippen LogP contribution in [0.3, 0.4) is 0 Å². The highest BCUT2D eigenvalue weighted by Crippen LogP contribution is 2.08. The summed E-state index contributed by atoms with van der Waals surface area (Å²) < 4.78 is 10.7. The minimum atomic E-state index is -1.17. The second kappa shape index (κ2) is 12.2. The van der Waals surface area contributed by atoms with E-state index in [9.17, 15) is 19.2 Å². The number of carboxylic acids is 1. The number of carboxylic acid groups (broad SMARTS) is 1. The molecule has 2 amide bonds. The highest BCUT2D eigenvalue weighted by atomic mass is 32.2. The number of hydrogen-bond donors (Lipinski definition) is 3. The first kappa shape index (κ1) is 23.7. The molecule has 31 heavy (non-hydrogen) atoms. The number of anilines is 1. The maximum absolute atomic E-state index is 12.3. The lowest BCUT2D eigenvalue weighted by atomic mass is 10.2. The van der Waals surface area contributed by atoms with Gasteiger partial charge >= 0.3 is 24.1 Å². The summed E-state index contributed by atoms with van der Waals surface area (Å²) in [6.45, 7) is -0.423. The van der Waals surface area contributed by atoms with Gasteiger partial charge in [0.2, 0.25) is 0 Å². The van der Waals surface area contributed by atoms with Crippen molar-refractivity contribution in [3.05, 3.63) is 48.3 Å². The zero-order chi connectivity index (χ0) is 22.6. The first-order valence-electron chi connectivity index (χ1n) is 9.10. The number of benzene rings is 1. The molecule has 0 aliphatic rings. The first-order valence-corrected chi connectivity index (χ1v) is 10.5. The number of amides is 2. The van der Waals surface area contributed by atoms with Crippen molar-refractivity contribution in [2.75, 3.05) is 17.3 Å². The fourth-order valence-electron chi connectivity index (χ4n) is 2.36. The molecular weight excluding hydrogens is 428 g/mol. The number of carbonyl (C=O) groups is 4. The van der Waals surface area contributed by atoms with Gasteiger partial charge in [-0.05, 0) is 24.0 Å². The molecule has 2 aromatic rings. The predicted octanol–water partition coefficient (Wildman–Crippen LogP) is 2.09. The summed E-state index contributed by atoms with van der Waals surface area (Å²) in [6.07, 6.45) is 3.47. The van der Waals surface area contributed by atoms with E-state index in [1.54, 1.807) is 24.3 Å². The van der Waals surface area contributed by atoms with Gasteiger partial charge in [-0.3, -0.25) is 9.48 Å². The van der Waals surface area contributed by atoms with Gasteiger partial charge in [0.25, 0.3) is 0 Å². The Bertz CT molecular complexity index is 904. The van der Waals surface area contributed by atoms with Crippen LogP contribution in [0.15, 0.2) is 42.7 Å². The summed E-state index contributed by atoms with van der Waals surface area (Å²) in [5.41, 5.74) is 0.963. The van der Waals surface area contributed by atoms with Crippen molar-refractivity contribution in [2.45, 2.75) is 25.6 Å². The Kier molecular flexibility index (Phi) is 9.36. The molecule has 2 rings (SSSR count). The van der Waals surface area contributed by atoms with Crippen molar-refractivity contribution in [2.24, 2.45) is 0 Å². The molecule has 1 heterocycles. The number of nitrogens with one attached hydrogen (secondary N) is 2. The molecule has 0 saturated heterocycles. The van der Waals surface area contributed by atoms with Gasteiger partial charge < -0.3 is 25.2 Å². The van der Waals surface area contributed by atoms with Crippen LogP contribution in [0.25, 0.3) is 0 Å². The van der Waals surface area contributed by atoms with Crippen LogP contribution in [0.1, 0.15) is 12.0 Å². The number of urea groups is 1. The van der Waals surface area contributed by atoms with E-state index in [2.05, 4.69) is 15.7 Å². The van der Waals surface area contributed by atoms with Gasteiger partial charge in [-0.25, -0.2) is 14.4 Å². The lowest BCUT2D eigenvalue weighted by molar-refractivity contribution is -0.142. The van der Waals surface area contributed by atoms with Crippen molar-refractivity contribution in [1.82, 2.24) is 15.1 Å². The van der Waals surface area contributed by atoms with Gasteiger partial charge in [0.15, 0.2) is 0 Å². The number of aromatic nitrogens is 2. The van der Waals surface area contributed by atoms with Crippen LogP contribution in [0.4, 0.5) is 15.3 Å². The second-order valence-electron chi connectivity index (χ2n) is 6.20. The Morgan fingerprint density at radius 3 is 2.65 bits per heavy atom. The minimum absolute atomic E-state index is 0.0589. The molecule has 0 unspecified atom stereocenters. The molecule has 1 aromatic heterocycles. The number of ether oxygens (including phenoxy) is 2. The van der Waals surface area contributed by atoms with E-state index in [0.29, 0.717) is 5.75 Å². The van der Waals surface area contributed by atoms with Crippen LogP contribution in [0.2, 0.25) is 0 Å². The zero-order valence-corrected chi connectivity index (χ0v) is 17.5. The minimum Gasteiger partial charge on any atom is -0.480 e. The van der Waals surface area contributed by atoms with Crippen LogP contribution in [0.5, 0.6) is 0 Å². The van der Waals surface area contributed by atoms with Crippen molar-refractivity contribution >= 4 is 41.6 Å². The van der Waals surface area contributed by atoms with E-state index in [0.717, 1.165) is 10.2 Å². The first-order chi connectivity index (χ1) is 14.9. The van der Waals surface area contributed by atoms with E-state index in [-0.39, 0.29) is 25.3 Å². The van der Waals surface area contributed by atoms with E-state index in [1.807, 2.05) is 12.3 Å². The molecule has 0 fully saturated rings. The number of thioether (sulfide) groups is 1. The van der Waals surface area contributed by atoms with E-state index in [4.69, 9.17) is 14.6 Å². The van der Waals surface area contributed by atoms with Gasteiger partial charge in [-0.15, -0.1) is 0 Å². The molecule has 0 aliphatic carbocycles. The third kappa shape index (κ3) is 8.78. The lowest BCUT2D eigenvalue weighted by Gasteiger charge is -2.16. The van der Waals surface area contributed by atoms with E-state index >= 15 is 0 Å². The third-order valence-corrected chi connectivity index (χ3v) is 4.42. The van der Waals surface area contributed by atoms with Crippen molar-refractivity contribution in [3.8, 4) is 0 Å². The Labute approximate surface area is 182 Å². The number of rotatable bonds is 10. The molecule has 0 saturated carbocycles. The van der Waals surface area contributed by atoms with Crippen LogP contribution >= 0.6 is 11.8 Å².